The zero-order valence-electron chi connectivity index (χ0n) is 16.3. The van der Waals surface area contributed by atoms with Crippen molar-refractivity contribution in [3.05, 3.63) is 102 Å². The number of nitrogens with zero attached hydrogens (tertiary/aromatic N) is 1. The van der Waals surface area contributed by atoms with Crippen LogP contribution in [0.3, 0.4) is 0 Å². The van der Waals surface area contributed by atoms with Crippen molar-refractivity contribution < 1.29 is 9.59 Å². The van der Waals surface area contributed by atoms with E-state index < -0.39 is 0 Å². The highest BCUT2D eigenvalue weighted by atomic mass is 16.2. The molecular weight excluding hydrogens is 362 g/mol. The summed E-state index contributed by atoms with van der Waals surface area (Å²) < 4.78 is 0. The number of anilines is 1. The maximum absolute atomic E-state index is 12.9. The quantitative estimate of drug-likeness (QED) is 0.615. The van der Waals surface area contributed by atoms with Crippen LogP contribution < -0.4 is 11.1 Å². The number of nitrogens with two attached hydrogens (primary N) is 1. The van der Waals surface area contributed by atoms with Gasteiger partial charge >= 0.3 is 0 Å². The Bertz CT molecular complexity index is 925. The van der Waals surface area contributed by atoms with Crippen molar-refractivity contribution in [2.24, 2.45) is 5.73 Å². The first-order valence-corrected chi connectivity index (χ1v) is 9.67. The van der Waals surface area contributed by atoms with Gasteiger partial charge in [0.25, 0.3) is 11.8 Å². The van der Waals surface area contributed by atoms with Crippen LogP contribution in [-0.2, 0) is 6.54 Å². The molecule has 0 saturated carbocycles. The summed E-state index contributed by atoms with van der Waals surface area (Å²) >= 11 is 0. The average molecular weight is 387 g/mol. The largest absolute Gasteiger partial charge is 0.334 e. The van der Waals surface area contributed by atoms with Crippen molar-refractivity contribution in [1.29, 1.82) is 0 Å². The van der Waals surface area contributed by atoms with Crippen molar-refractivity contribution in [1.82, 2.24) is 4.90 Å². The summed E-state index contributed by atoms with van der Waals surface area (Å²) in [5.41, 5.74) is 8.62. The zero-order valence-corrected chi connectivity index (χ0v) is 16.3. The van der Waals surface area contributed by atoms with E-state index in [1.54, 1.807) is 17.0 Å². The fourth-order valence-corrected chi connectivity index (χ4v) is 3.00. The number of nitrogens with one attached hydrogen (secondary N) is 1. The molecule has 0 radical (unpaired) electrons. The van der Waals surface area contributed by atoms with E-state index in [-0.39, 0.29) is 11.8 Å². The van der Waals surface area contributed by atoms with E-state index in [1.165, 1.54) is 0 Å². The third kappa shape index (κ3) is 5.77. The molecule has 0 heterocycles. The zero-order chi connectivity index (χ0) is 20.5. The summed E-state index contributed by atoms with van der Waals surface area (Å²) in [6, 6.07) is 25.9. The molecule has 3 N–H and O–H groups in total. The van der Waals surface area contributed by atoms with E-state index in [4.69, 9.17) is 5.73 Å². The van der Waals surface area contributed by atoms with E-state index in [0.29, 0.717) is 36.4 Å². The van der Waals surface area contributed by atoms with Crippen molar-refractivity contribution in [3.63, 3.8) is 0 Å². The molecule has 5 nitrogen and oxygen atoms in total. The summed E-state index contributed by atoms with van der Waals surface area (Å²) in [6.07, 6.45) is 0.740. The highest BCUT2D eigenvalue weighted by Gasteiger charge is 2.15. The summed E-state index contributed by atoms with van der Waals surface area (Å²) in [7, 11) is 0. The number of benzene rings is 3. The first-order valence-electron chi connectivity index (χ1n) is 9.67. The molecule has 0 unspecified atom stereocenters. The first-order chi connectivity index (χ1) is 14.2. The van der Waals surface area contributed by atoms with Gasteiger partial charge in [-0.25, -0.2) is 0 Å². The van der Waals surface area contributed by atoms with Gasteiger partial charge in [0.1, 0.15) is 0 Å². The van der Waals surface area contributed by atoms with Crippen LogP contribution in [0.2, 0.25) is 0 Å². The second kappa shape index (κ2) is 10.2. The predicted molar refractivity (Wildman–Crippen MR) is 116 cm³/mol. The summed E-state index contributed by atoms with van der Waals surface area (Å²) in [6.45, 7) is 1.61. The molecule has 0 aliphatic carbocycles. The number of rotatable bonds is 8. The van der Waals surface area contributed by atoms with E-state index in [9.17, 15) is 9.59 Å². The number of carbonyl (C=O) groups excluding carboxylic acids is 2. The Labute approximate surface area is 171 Å². The van der Waals surface area contributed by atoms with Crippen LogP contribution in [0.5, 0.6) is 0 Å². The Kier molecular flexibility index (Phi) is 7.14. The molecule has 0 saturated heterocycles. The molecule has 0 aromatic heterocycles. The molecule has 148 valence electrons. The van der Waals surface area contributed by atoms with Crippen LogP contribution in [0.25, 0.3) is 0 Å². The SMILES string of the molecule is NCCCN(Cc1ccc(NC(=O)c2ccccc2)cc1)C(=O)c1ccccc1. The molecular formula is C24H25N3O2. The summed E-state index contributed by atoms with van der Waals surface area (Å²) in [4.78, 5) is 26.9. The normalized spacial score (nSPS) is 10.4. The Morgan fingerprint density at radius 2 is 1.38 bits per heavy atom. The topological polar surface area (TPSA) is 75.4 Å². The maximum atomic E-state index is 12.9. The molecule has 3 aromatic carbocycles. The van der Waals surface area contributed by atoms with Gasteiger partial charge in [-0.15, -0.1) is 0 Å². The number of hydrogen-bond acceptors (Lipinski definition) is 3. The molecule has 29 heavy (non-hydrogen) atoms. The van der Waals surface area contributed by atoms with Crippen molar-refractivity contribution >= 4 is 17.5 Å². The molecule has 0 atom stereocenters. The van der Waals surface area contributed by atoms with Gasteiger partial charge in [0.05, 0.1) is 0 Å². The molecule has 0 spiro atoms. The van der Waals surface area contributed by atoms with Crippen molar-refractivity contribution in [2.75, 3.05) is 18.4 Å². The highest BCUT2D eigenvalue weighted by molar-refractivity contribution is 6.04. The fourth-order valence-electron chi connectivity index (χ4n) is 3.00. The van der Waals surface area contributed by atoms with Crippen molar-refractivity contribution in [3.8, 4) is 0 Å². The van der Waals surface area contributed by atoms with Crippen LogP contribution in [0.1, 0.15) is 32.7 Å². The van der Waals surface area contributed by atoms with Crippen molar-refractivity contribution in [2.45, 2.75) is 13.0 Å². The Balaban J connectivity index is 1.67. The third-order valence-corrected chi connectivity index (χ3v) is 4.56. The van der Waals surface area contributed by atoms with Gasteiger partial charge in [0.15, 0.2) is 0 Å². The third-order valence-electron chi connectivity index (χ3n) is 4.56. The summed E-state index contributed by atoms with van der Waals surface area (Å²) in [5, 5.41) is 2.89. The lowest BCUT2D eigenvalue weighted by Crippen LogP contribution is -2.32. The molecule has 0 aliphatic rings. The second-order valence-electron chi connectivity index (χ2n) is 6.75. The smallest absolute Gasteiger partial charge is 0.255 e. The Morgan fingerprint density at radius 1 is 0.793 bits per heavy atom. The minimum atomic E-state index is -0.151. The average Bonchev–Trinajstić information content (AvgIpc) is 2.78. The fraction of sp³-hybridized carbons (Fsp3) is 0.167. The lowest BCUT2D eigenvalue weighted by atomic mass is 10.1. The maximum Gasteiger partial charge on any atom is 0.255 e. The molecule has 3 aromatic rings. The van der Waals surface area contributed by atoms with Gasteiger partial charge in [0, 0.05) is 29.9 Å². The Hall–Kier alpha value is -3.44. The van der Waals surface area contributed by atoms with Crippen LogP contribution in [0, 0.1) is 0 Å². The molecule has 0 aliphatic heterocycles. The van der Waals surface area contributed by atoms with Crippen LogP contribution in [0.15, 0.2) is 84.9 Å². The predicted octanol–water partition coefficient (Wildman–Crippen LogP) is 3.93. The highest BCUT2D eigenvalue weighted by Crippen LogP contribution is 2.15. The minimum absolute atomic E-state index is 0.0134. The van der Waals surface area contributed by atoms with Gasteiger partial charge in [-0.05, 0) is 54.9 Å². The van der Waals surface area contributed by atoms with Gasteiger partial charge < -0.3 is 16.0 Å². The van der Waals surface area contributed by atoms with Crippen LogP contribution in [-0.4, -0.2) is 29.8 Å². The van der Waals surface area contributed by atoms with Gasteiger partial charge in [-0.3, -0.25) is 9.59 Å². The Morgan fingerprint density at radius 3 is 1.97 bits per heavy atom. The van der Waals surface area contributed by atoms with Gasteiger partial charge in [0.2, 0.25) is 0 Å². The van der Waals surface area contributed by atoms with Gasteiger partial charge in [-0.1, -0.05) is 48.5 Å². The number of amides is 2. The van der Waals surface area contributed by atoms with Gasteiger partial charge in [-0.2, -0.15) is 0 Å². The second-order valence-corrected chi connectivity index (χ2v) is 6.75. The molecule has 0 fully saturated rings. The van der Waals surface area contributed by atoms with E-state index >= 15 is 0 Å². The first kappa shape index (κ1) is 20.3. The molecule has 5 heteroatoms. The van der Waals surface area contributed by atoms with Crippen LogP contribution >= 0.6 is 0 Å². The molecule has 0 bridgehead atoms. The van der Waals surface area contributed by atoms with Crippen LogP contribution in [0.4, 0.5) is 5.69 Å². The lowest BCUT2D eigenvalue weighted by molar-refractivity contribution is 0.0742. The molecule has 3 rings (SSSR count). The monoisotopic (exact) mass is 387 g/mol. The molecule has 2 amide bonds. The van der Waals surface area contributed by atoms with E-state index in [0.717, 1.165) is 12.0 Å². The van der Waals surface area contributed by atoms with E-state index in [2.05, 4.69) is 5.32 Å². The number of carbonyl (C=O) groups is 2. The van der Waals surface area contributed by atoms with E-state index in [1.807, 2.05) is 72.8 Å². The lowest BCUT2D eigenvalue weighted by Gasteiger charge is -2.23. The standard InChI is InChI=1S/C24H25N3O2/c25-16-7-17-27(24(29)21-10-5-2-6-11-21)18-19-12-14-22(15-13-19)26-23(28)20-8-3-1-4-9-20/h1-6,8-15H,7,16-18,25H2,(H,26,28). The number of hydrogen-bond donors (Lipinski definition) is 2. The minimum Gasteiger partial charge on any atom is -0.334 e. The summed E-state index contributed by atoms with van der Waals surface area (Å²) in [5.74, 6) is -0.164.